The van der Waals surface area contributed by atoms with Crippen molar-refractivity contribution >= 4 is 95.2 Å². The molecule has 0 amide bonds. The first kappa shape index (κ1) is 55.1. The molecule has 0 bridgehead atoms. The number of carbonyl (C=O) groups is 1. The number of fused-ring (bicyclic) bond motifs is 6. The van der Waals surface area contributed by atoms with Crippen LogP contribution in [0.25, 0.3) is 21.5 Å². The summed E-state index contributed by atoms with van der Waals surface area (Å²) in [6, 6.07) is 9.28. The minimum atomic E-state index is -5.10. The van der Waals surface area contributed by atoms with E-state index in [1.54, 1.807) is 60.1 Å². The van der Waals surface area contributed by atoms with Gasteiger partial charge in [-0.2, -0.15) is 46.7 Å². The number of allylic oxidation sites excluding steroid dienone is 8. The fraction of sp³-hybridized carbons (Fsp3) is 0.348. The van der Waals surface area contributed by atoms with Crippen molar-refractivity contribution in [3.05, 3.63) is 108 Å². The molecule has 6 N–H and O–H groups in total. The van der Waals surface area contributed by atoms with Crippen LogP contribution in [0.3, 0.4) is 0 Å². The highest BCUT2D eigenvalue weighted by Gasteiger charge is 2.48. The average molecular weight is 1080 g/mol. The lowest BCUT2D eigenvalue weighted by atomic mass is 9.75. The number of anilines is 1. The Labute approximate surface area is 412 Å². The molecule has 0 saturated heterocycles. The van der Waals surface area contributed by atoms with Crippen molar-refractivity contribution in [1.29, 1.82) is 0 Å². The molecular formula is C46H53N2O18S5+. The van der Waals surface area contributed by atoms with E-state index in [0.717, 1.165) is 18.2 Å². The third kappa shape index (κ3) is 11.9. The second-order valence-electron chi connectivity index (χ2n) is 17.8. The summed E-state index contributed by atoms with van der Waals surface area (Å²) in [5.74, 6) is -1.65. The van der Waals surface area contributed by atoms with Crippen LogP contribution in [0.1, 0.15) is 70.4 Å². The number of unbranched alkanes of at least 4 members (excludes halogenated alkanes) is 2. The quantitative estimate of drug-likeness (QED) is 0.0220. The lowest BCUT2D eigenvalue weighted by Gasteiger charge is -2.31. The van der Waals surface area contributed by atoms with Gasteiger partial charge in [0.1, 0.15) is 16.4 Å². The van der Waals surface area contributed by atoms with Gasteiger partial charge < -0.3 is 14.7 Å². The number of ether oxygens (including phenoxy) is 1. The zero-order chi connectivity index (χ0) is 52.7. The first-order valence-electron chi connectivity index (χ1n) is 21.8. The highest BCUT2D eigenvalue weighted by molar-refractivity contribution is 7.87. The largest absolute Gasteiger partial charge is 0.481 e. The van der Waals surface area contributed by atoms with Crippen LogP contribution in [0.2, 0.25) is 0 Å². The maximum atomic E-state index is 12.7. The van der Waals surface area contributed by atoms with Crippen LogP contribution in [-0.4, -0.2) is 119 Å². The second-order valence-corrected chi connectivity index (χ2v) is 25.0. The molecule has 2 aliphatic rings. The Hall–Kier alpha value is -5.19. The first-order valence-corrected chi connectivity index (χ1v) is 29.1. The number of methoxy groups -OCH3 is 1. The van der Waals surface area contributed by atoms with E-state index in [4.69, 9.17) is 4.74 Å². The summed E-state index contributed by atoms with van der Waals surface area (Å²) in [5, 5.41) is 9.31. The number of hydrogen-bond donors (Lipinski definition) is 6. The lowest BCUT2D eigenvalue weighted by Crippen LogP contribution is -2.30. The maximum Gasteiger partial charge on any atom is 0.303 e. The number of benzene rings is 4. The zero-order valence-electron chi connectivity index (χ0n) is 38.7. The van der Waals surface area contributed by atoms with Crippen LogP contribution in [0.4, 0.5) is 11.4 Å². The van der Waals surface area contributed by atoms with Crippen molar-refractivity contribution in [2.75, 3.05) is 37.5 Å². The predicted molar refractivity (Wildman–Crippen MR) is 264 cm³/mol. The molecule has 0 radical (unpaired) electrons. The van der Waals surface area contributed by atoms with E-state index < -0.39 is 92.7 Å². The molecule has 0 aliphatic carbocycles. The molecule has 4 aromatic carbocycles. The Bertz CT molecular complexity index is 3580. The minimum absolute atomic E-state index is 0.00278. The smallest absolute Gasteiger partial charge is 0.303 e. The Morgan fingerprint density at radius 3 is 1.83 bits per heavy atom. The molecule has 0 aromatic heterocycles. The van der Waals surface area contributed by atoms with Gasteiger partial charge in [-0.05, 0) is 99.2 Å². The van der Waals surface area contributed by atoms with Gasteiger partial charge in [0.05, 0.1) is 21.0 Å². The van der Waals surface area contributed by atoms with E-state index in [1.165, 1.54) is 25.3 Å². The number of hydrogen-bond acceptors (Lipinski definition) is 13. The van der Waals surface area contributed by atoms with Crippen molar-refractivity contribution in [2.45, 2.75) is 89.7 Å². The standard InChI is InChI=1S/C46H52N2O18S5/c1-45(2)40(48(23-24-66-4)37-29-39(71(63,64)65)32-18-17-30(68(54,55)56)26-34(32)43(37)45)14-9-6-5-7-10-15-41-46(3,21-13-25-67(51,52)53)44-35-27-31(69(57,58)59)28-38(70(60,61)62)33(35)19-20-36(44)47(41)22-12-8-11-16-42(49)50/h5-7,9-10,14-15,17-20,26-29H,8,11-13,16,21-25H2,1-4H3,(H5-,49,50,51,52,53,54,55,56,57,58,59,60,61,62,63,64,65)/p+1. The number of nitrogens with zero attached hydrogens (tertiary/aromatic N) is 2. The first-order chi connectivity index (χ1) is 32.8. The van der Waals surface area contributed by atoms with Gasteiger partial charge in [0.2, 0.25) is 5.69 Å². The summed E-state index contributed by atoms with van der Waals surface area (Å²) in [5.41, 5.74) is 0.550. The summed E-state index contributed by atoms with van der Waals surface area (Å²) < 4.78 is 182. The van der Waals surface area contributed by atoms with E-state index in [2.05, 4.69) is 0 Å². The molecule has 20 nitrogen and oxygen atoms in total. The van der Waals surface area contributed by atoms with Gasteiger partial charge in [-0.25, -0.2) is 0 Å². The monoisotopic (exact) mass is 1080 g/mol. The maximum absolute atomic E-state index is 12.7. The number of carboxylic acid groups (broad SMARTS) is 1. The Morgan fingerprint density at radius 1 is 0.662 bits per heavy atom. The van der Waals surface area contributed by atoms with Crippen molar-refractivity contribution < 1.29 is 84.1 Å². The summed E-state index contributed by atoms with van der Waals surface area (Å²) in [4.78, 5) is 10.5. The number of carboxylic acids is 1. The van der Waals surface area contributed by atoms with Crippen LogP contribution in [0, 0.1) is 0 Å². The SMILES string of the molecule is COCC[N+]1=C(/C=C/C=C/C=C/C=C2/N(CCCCCC(=O)O)c3ccc4c(S(=O)(=O)O)cc(S(=O)(=O)O)cc4c3C2(C)CCCS(=O)(=O)O)C(C)(C)c2c1cc(S(=O)(=O)O)c1ccc(S(=O)(=O)O)cc21. The lowest BCUT2D eigenvalue weighted by molar-refractivity contribution is -0.441. The van der Waals surface area contributed by atoms with E-state index in [9.17, 15) is 74.8 Å². The van der Waals surface area contributed by atoms with Gasteiger partial charge >= 0.3 is 5.97 Å². The van der Waals surface area contributed by atoms with Crippen LogP contribution in [0.15, 0.2) is 116 Å². The molecule has 4 aromatic rings. The molecule has 0 fully saturated rings. The van der Waals surface area contributed by atoms with Crippen molar-refractivity contribution in [3.8, 4) is 0 Å². The van der Waals surface area contributed by atoms with Gasteiger partial charge in [-0.3, -0.25) is 27.6 Å². The van der Waals surface area contributed by atoms with Gasteiger partial charge in [0.15, 0.2) is 12.3 Å². The molecule has 1 atom stereocenters. The van der Waals surface area contributed by atoms with Crippen LogP contribution >= 0.6 is 0 Å². The van der Waals surface area contributed by atoms with Crippen molar-refractivity contribution in [3.63, 3.8) is 0 Å². The van der Waals surface area contributed by atoms with Crippen LogP contribution in [0.5, 0.6) is 0 Å². The third-order valence-corrected chi connectivity index (χ3v) is 16.9. The summed E-state index contributed by atoms with van der Waals surface area (Å²) in [7, 11) is -22.7. The summed E-state index contributed by atoms with van der Waals surface area (Å²) >= 11 is 0. The fourth-order valence-electron chi connectivity index (χ4n) is 9.59. The molecule has 6 rings (SSSR count). The molecule has 384 valence electrons. The number of aliphatic carboxylic acids is 1. The molecule has 0 saturated carbocycles. The molecule has 71 heavy (non-hydrogen) atoms. The average Bonchev–Trinajstić information content (AvgIpc) is 3.61. The topological polar surface area (TPSA) is 325 Å². The Morgan fingerprint density at radius 2 is 1.24 bits per heavy atom. The molecule has 0 spiro atoms. The Balaban J connectivity index is 1.46. The van der Waals surface area contributed by atoms with E-state index in [0.29, 0.717) is 59.2 Å². The van der Waals surface area contributed by atoms with Crippen molar-refractivity contribution in [2.24, 2.45) is 0 Å². The van der Waals surface area contributed by atoms with E-state index >= 15 is 0 Å². The minimum Gasteiger partial charge on any atom is -0.481 e. The van der Waals surface area contributed by atoms with Gasteiger partial charge in [-0.15, -0.1) is 0 Å². The number of rotatable bonds is 21. The van der Waals surface area contributed by atoms with Gasteiger partial charge in [0.25, 0.3) is 50.6 Å². The Kier molecular flexibility index (Phi) is 15.8. The zero-order valence-corrected chi connectivity index (χ0v) is 42.8. The third-order valence-electron chi connectivity index (χ3n) is 12.6. The van der Waals surface area contributed by atoms with E-state index in [-0.39, 0.29) is 60.5 Å². The molecule has 25 heteroatoms. The predicted octanol–water partition coefficient (Wildman–Crippen LogP) is 6.65. The summed E-state index contributed by atoms with van der Waals surface area (Å²) in [6.45, 7) is 6.00. The van der Waals surface area contributed by atoms with Crippen LogP contribution in [-0.2, 0) is 71.0 Å². The van der Waals surface area contributed by atoms with Gasteiger partial charge in [0, 0.05) is 65.4 Å². The fourth-order valence-corrected chi connectivity index (χ4v) is 12.7. The molecule has 2 heterocycles. The van der Waals surface area contributed by atoms with E-state index in [1.807, 2.05) is 18.7 Å². The second kappa shape index (κ2) is 20.4. The molecule has 2 aliphatic heterocycles. The summed E-state index contributed by atoms with van der Waals surface area (Å²) in [6.07, 6.45) is 12.8. The highest BCUT2D eigenvalue weighted by atomic mass is 32.2. The van der Waals surface area contributed by atoms with Gasteiger partial charge in [-0.1, -0.05) is 48.9 Å². The molecule has 1 unspecified atom stereocenters. The normalized spacial score (nSPS) is 18.3. The van der Waals surface area contributed by atoms with Crippen molar-refractivity contribution in [1.82, 2.24) is 0 Å². The molecular weight excluding hydrogens is 1030 g/mol. The van der Waals surface area contributed by atoms with Crippen LogP contribution < -0.4 is 4.90 Å². The highest BCUT2D eigenvalue weighted by Crippen LogP contribution is 2.54.